The lowest BCUT2D eigenvalue weighted by Crippen LogP contribution is -2.32. The molecule has 3 heterocycles. The van der Waals surface area contributed by atoms with Crippen molar-refractivity contribution in [2.75, 3.05) is 4.90 Å². The van der Waals surface area contributed by atoms with Crippen molar-refractivity contribution in [3.05, 3.63) is 87.6 Å². The fourth-order valence-electron chi connectivity index (χ4n) is 4.57. The topological polar surface area (TPSA) is 3.24 Å². The van der Waals surface area contributed by atoms with Crippen LogP contribution in [-0.4, -0.2) is 0 Å². The van der Waals surface area contributed by atoms with Gasteiger partial charge in [0.15, 0.2) is 0 Å². The van der Waals surface area contributed by atoms with Gasteiger partial charge in [0, 0.05) is 6.42 Å². The predicted molar refractivity (Wildman–Crippen MR) is 90.3 cm³/mol. The normalized spacial score (nSPS) is 19.1. The summed E-state index contributed by atoms with van der Waals surface area (Å²) in [6.07, 6.45) is 10.2. The number of para-hydroxylation sites is 2. The number of hydrogen-bond donors (Lipinski definition) is 0. The first kappa shape index (κ1) is 11.1. The number of allylic oxidation sites excluding steroid dienone is 3. The van der Waals surface area contributed by atoms with Gasteiger partial charge >= 0.3 is 0 Å². The summed E-state index contributed by atoms with van der Waals surface area (Å²) >= 11 is 0. The van der Waals surface area contributed by atoms with Crippen molar-refractivity contribution in [3.8, 4) is 0 Å². The zero-order valence-corrected chi connectivity index (χ0v) is 12.3. The summed E-state index contributed by atoms with van der Waals surface area (Å²) in [6.45, 7) is 0. The first-order valence-corrected chi connectivity index (χ1v) is 8.03. The summed E-state index contributed by atoms with van der Waals surface area (Å²) in [5.41, 5.74) is 13.1. The molecule has 2 aromatic rings. The van der Waals surface area contributed by atoms with E-state index in [0.717, 1.165) is 19.3 Å². The third kappa shape index (κ3) is 1.17. The van der Waals surface area contributed by atoms with Crippen molar-refractivity contribution in [1.82, 2.24) is 0 Å². The molecule has 0 amide bonds. The van der Waals surface area contributed by atoms with Crippen LogP contribution in [0.1, 0.15) is 28.7 Å². The van der Waals surface area contributed by atoms with Crippen LogP contribution in [0.15, 0.2) is 65.4 Å². The van der Waals surface area contributed by atoms with Gasteiger partial charge in [0.1, 0.15) is 0 Å². The predicted octanol–water partition coefficient (Wildman–Crippen LogP) is 4.90. The van der Waals surface area contributed by atoms with Crippen molar-refractivity contribution in [1.29, 1.82) is 0 Å². The molecule has 0 N–H and O–H groups in total. The van der Waals surface area contributed by atoms with E-state index >= 15 is 0 Å². The second-order valence-corrected chi connectivity index (χ2v) is 6.63. The lowest BCUT2D eigenvalue weighted by atomic mass is 9.79. The van der Waals surface area contributed by atoms with Crippen LogP contribution in [-0.2, 0) is 12.8 Å². The summed E-state index contributed by atoms with van der Waals surface area (Å²) in [4.78, 5) is 2.57. The Bertz CT molecular complexity index is 956. The van der Waals surface area contributed by atoms with Crippen LogP contribution in [0.3, 0.4) is 0 Å². The van der Waals surface area contributed by atoms with Crippen LogP contribution in [0.25, 0.3) is 6.08 Å². The first-order valence-electron chi connectivity index (χ1n) is 8.03. The van der Waals surface area contributed by atoms with Crippen LogP contribution < -0.4 is 4.90 Å². The van der Waals surface area contributed by atoms with Gasteiger partial charge in [-0.1, -0.05) is 48.6 Å². The van der Waals surface area contributed by atoms with Crippen molar-refractivity contribution < 1.29 is 0 Å². The molecule has 22 heavy (non-hydrogen) atoms. The van der Waals surface area contributed by atoms with Crippen molar-refractivity contribution >= 4 is 17.5 Å². The fraction of sp³-hybridized carbons (Fsp3) is 0.143. The standard InChI is InChI=1S/C21H15N/c1-4-13-10-15-6-2-8-17-12-18-9-3-7-16-11-14(5-1)19(13)22(20(15)17)21(16)18/h1-8,11H,9-10,12H2. The van der Waals surface area contributed by atoms with Gasteiger partial charge < -0.3 is 4.90 Å². The second-order valence-electron chi connectivity index (χ2n) is 6.63. The Morgan fingerprint density at radius 1 is 0.818 bits per heavy atom. The molecule has 0 radical (unpaired) electrons. The van der Waals surface area contributed by atoms with Crippen LogP contribution in [0.2, 0.25) is 0 Å². The van der Waals surface area contributed by atoms with E-state index in [0.29, 0.717) is 0 Å². The van der Waals surface area contributed by atoms with E-state index in [2.05, 4.69) is 59.5 Å². The quantitative estimate of drug-likeness (QED) is 0.664. The van der Waals surface area contributed by atoms with Crippen molar-refractivity contribution in [2.45, 2.75) is 19.3 Å². The third-order valence-corrected chi connectivity index (χ3v) is 5.39. The number of benzene rings is 2. The maximum absolute atomic E-state index is 2.57. The Labute approximate surface area is 129 Å². The summed E-state index contributed by atoms with van der Waals surface area (Å²) in [5.74, 6) is 0. The molecule has 3 aliphatic heterocycles. The summed E-state index contributed by atoms with van der Waals surface area (Å²) < 4.78 is 0. The minimum atomic E-state index is 1.06. The highest BCUT2D eigenvalue weighted by Gasteiger charge is 2.37. The monoisotopic (exact) mass is 281 g/mol. The average molecular weight is 281 g/mol. The smallest absolute Gasteiger partial charge is 0.0570 e. The Kier molecular flexibility index (Phi) is 1.82. The van der Waals surface area contributed by atoms with Crippen LogP contribution in [0, 0.1) is 0 Å². The van der Waals surface area contributed by atoms with E-state index in [1.54, 1.807) is 5.57 Å². The number of hydrogen-bond acceptors (Lipinski definition) is 1. The molecule has 2 aromatic carbocycles. The molecule has 0 fully saturated rings. The molecule has 1 aliphatic carbocycles. The second kappa shape index (κ2) is 3.61. The summed E-state index contributed by atoms with van der Waals surface area (Å²) in [5, 5.41) is 0. The lowest BCUT2D eigenvalue weighted by molar-refractivity contribution is 0.906. The van der Waals surface area contributed by atoms with E-state index in [1.807, 2.05) is 0 Å². The SMILES string of the molecule is C1=CC2=Cc3cccc4c3N3C2=C(C1)Cc1cccc(c13)C4. The molecule has 0 atom stereocenters. The van der Waals surface area contributed by atoms with E-state index in [-0.39, 0.29) is 0 Å². The number of nitrogens with zero attached hydrogens (tertiary/aromatic N) is 1. The molecule has 0 saturated heterocycles. The van der Waals surface area contributed by atoms with Gasteiger partial charge in [-0.05, 0) is 52.3 Å². The highest BCUT2D eigenvalue weighted by Crippen LogP contribution is 2.53. The molecule has 1 heteroatoms. The number of anilines is 2. The summed E-state index contributed by atoms with van der Waals surface area (Å²) in [7, 11) is 0. The molecule has 1 nitrogen and oxygen atoms in total. The average Bonchev–Trinajstić information content (AvgIpc) is 2.55. The molecule has 104 valence electrons. The Hall–Kier alpha value is -2.54. The van der Waals surface area contributed by atoms with E-state index in [1.165, 1.54) is 44.9 Å². The lowest BCUT2D eigenvalue weighted by Gasteiger charge is -2.45. The summed E-state index contributed by atoms with van der Waals surface area (Å²) in [6, 6.07) is 13.6. The van der Waals surface area contributed by atoms with Crippen LogP contribution in [0.4, 0.5) is 11.4 Å². The molecular formula is C21H15N. The number of rotatable bonds is 0. The van der Waals surface area contributed by atoms with Gasteiger partial charge in [0.05, 0.1) is 17.1 Å². The van der Waals surface area contributed by atoms with Crippen molar-refractivity contribution in [2.24, 2.45) is 0 Å². The van der Waals surface area contributed by atoms with Crippen LogP contribution >= 0.6 is 0 Å². The molecule has 0 spiro atoms. The molecule has 6 rings (SSSR count). The third-order valence-electron chi connectivity index (χ3n) is 5.39. The van der Waals surface area contributed by atoms with Gasteiger partial charge in [0.2, 0.25) is 0 Å². The molecule has 0 saturated carbocycles. The maximum atomic E-state index is 2.57. The molecule has 0 bridgehead atoms. The van der Waals surface area contributed by atoms with Gasteiger partial charge in [-0.15, -0.1) is 0 Å². The molecule has 0 unspecified atom stereocenters. The van der Waals surface area contributed by atoms with Crippen molar-refractivity contribution in [3.63, 3.8) is 0 Å². The minimum Gasteiger partial charge on any atom is -0.308 e. The molecule has 0 aromatic heterocycles. The zero-order chi connectivity index (χ0) is 14.3. The van der Waals surface area contributed by atoms with E-state index in [9.17, 15) is 0 Å². The Morgan fingerprint density at radius 3 is 2.50 bits per heavy atom. The van der Waals surface area contributed by atoms with Gasteiger partial charge in [-0.3, -0.25) is 0 Å². The Morgan fingerprint density at radius 2 is 1.59 bits per heavy atom. The minimum absolute atomic E-state index is 1.06. The Balaban J connectivity index is 1.80. The van der Waals surface area contributed by atoms with E-state index < -0.39 is 0 Å². The maximum Gasteiger partial charge on any atom is 0.0570 e. The highest BCUT2D eigenvalue weighted by molar-refractivity contribution is 5.94. The zero-order valence-electron chi connectivity index (χ0n) is 12.3. The molecule has 4 aliphatic rings. The van der Waals surface area contributed by atoms with Gasteiger partial charge in [0.25, 0.3) is 0 Å². The largest absolute Gasteiger partial charge is 0.308 e. The fourth-order valence-corrected chi connectivity index (χ4v) is 4.57. The van der Waals surface area contributed by atoms with Crippen LogP contribution in [0.5, 0.6) is 0 Å². The highest BCUT2D eigenvalue weighted by atomic mass is 15.2. The van der Waals surface area contributed by atoms with E-state index in [4.69, 9.17) is 0 Å². The van der Waals surface area contributed by atoms with Gasteiger partial charge in [-0.2, -0.15) is 0 Å². The van der Waals surface area contributed by atoms with Gasteiger partial charge in [-0.25, -0.2) is 0 Å². The first-order chi connectivity index (χ1) is 10.9. The molecular weight excluding hydrogens is 266 g/mol.